The SMILES string of the molecule is Cc1ccc2c(C[NH+]3CCN(S(=O)(=O)c4ccc(Br)cc4)CC3)cc(=O)oc2c1C. The minimum Gasteiger partial charge on any atom is -0.422 e. The Kier molecular flexibility index (Phi) is 5.85. The van der Waals surface area contributed by atoms with Gasteiger partial charge in [-0.2, -0.15) is 4.31 Å². The number of aryl methyl sites for hydroxylation is 2. The molecular formula is C22H24BrN2O4S+. The molecule has 0 bridgehead atoms. The van der Waals surface area contributed by atoms with Gasteiger partial charge in [-0.25, -0.2) is 13.2 Å². The third kappa shape index (κ3) is 4.09. The van der Waals surface area contributed by atoms with E-state index in [1.54, 1.807) is 34.6 Å². The average molecular weight is 492 g/mol. The number of piperazine rings is 1. The first-order chi connectivity index (χ1) is 14.3. The van der Waals surface area contributed by atoms with Crippen LogP contribution < -0.4 is 10.5 Å². The smallest absolute Gasteiger partial charge is 0.336 e. The molecule has 0 radical (unpaired) electrons. The lowest BCUT2D eigenvalue weighted by Crippen LogP contribution is -3.13. The summed E-state index contributed by atoms with van der Waals surface area (Å²) in [5, 5.41) is 0.954. The number of nitrogens with zero attached hydrogens (tertiary/aromatic N) is 1. The molecule has 1 aromatic heterocycles. The van der Waals surface area contributed by atoms with Crippen molar-refractivity contribution in [3.05, 3.63) is 74.0 Å². The second-order valence-corrected chi connectivity index (χ2v) is 10.6. The van der Waals surface area contributed by atoms with E-state index in [1.807, 2.05) is 26.0 Å². The zero-order chi connectivity index (χ0) is 21.5. The Morgan fingerprint density at radius 1 is 1.07 bits per heavy atom. The predicted octanol–water partition coefficient (Wildman–Crippen LogP) is 2.26. The number of quaternary nitrogens is 1. The molecule has 3 aromatic rings. The molecule has 158 valence electrons. The van der Waals surface area contributed by atoms with E-state index in [4.69, 9.17) is 4.42 Å². The van der Waals surface area contributed by atoms with Crippen LogP contribution in [0.5, 0.6) is 0 Å². The number of benzene rings is 2. The van der Waals surface area contributed by atoms with Crippen LogP contribution in [-0.4, -0.2) is 38.9 Å². The molecule has 8 heteroatoms. The van der Waals surface area contributed by atoms with E-state index in [2.05, 4.69) is 15.9 Å². The van der Waals surface area contributed by atoms with Crippen LogP contribution in [0.2, 0.25) is 0 Å². The second kappa shape index (κ2) is 8.26. The molecule has 0 unspecified atom stereocenters. The van der Waals surface area contributed by atoms with Gasteiger partial charge >= 0.3 is 5.63 Å². The standard InChI is InChI=1S/C22H23BrN2O4S/c1-15-3-8-20-17(13-21(26)29-22(20)16(15)2)14-24-9-11-25(12-10-24)30(27,28)19-6-4-18(23)5-7-19/h3-8,13H,9-12,14H2,1-2H3/p+1. The fourth-order valence-electron chi connectivity index (χ4n) is 3.92. The first-order valence-electron chi connectivity index (χ1n) is 9.88. The number of nitrogens with one attached hydrogen (secondary N) is 1. The number of hydrogen-bond acceptors (Lipinski definition) is 4. The van der Waals surface area contributed by atoms with E-state index in [1.165, 1.54) is 4.90 Å². The molecular weight excluding hydrogens is 468 g/mol. The van der Waals surface area contributed by atoms with Gasteiger partial charge in [-0.05, 0) is 49.2 Å². The summed E-state index contributed by atoms with van der Waals surface area (Å²) < 4.78 is 33.7. The highest BCUT2D eigenvalue weighted by atomic mass is 79.9. The normalized spacial score (nSPS) is 16.2. The van der Waals surface area contributed by atoms with E-state index >= 15 is 0 Å². The van der Waals surface area contributed by atoms with Crippen LogP contribution in [-0.2, 0) is 16.6 Å². The van der Waals surface area contributed by atoms with Gasteiger partial charge in [0.2, 0.25) is 10.0 Å². The van der Waals surface area contributed by atoms with Crippen molar-refractivity contribution in [2.45, 2.75) is 25.3 Å². The Morgan fingerprint density at radius 3 is 2.40 bits per heavy atom. The van der Waals surface area contributed by atoms with Crippen LogP contribution in [0.15, 0.2) is 61.0 Å². The summed E-state index contributed by atoms with van der Waals surface area (Å²) >= 11 is 3.34. The topological polar surface area (TPSA) is 72.0 Å². The first kappa shape index (κ1) is 21.2. The zero-order valence-corrected chi connectivity index (χ0v) is 19.3. The van der Waals surface area contributed by atoms with Crippen molar-refractivity contribution in [1.82, 2.24) is 4.31 Å². The predicted molar refractivity (Wildman–Crippen MR) is 119 cm³/mol. The maximum Gasteiger partial charge on any atom is 0.336 e. The summed E-state index contributed by atoms with van der Waals surface area (Å²) in [6, 6.07) is 12.3. The summed E-state index contributed by atoms with van der Waals surface area (Å²) in [6.07, 6.45) is 0. The van der Waals surface area contributed by atoms with Crippen LogP contribution in [0, 0.1) is 13.8 Å². The molecule has 0 aliphatic carbocycles. The van der Waals surface area contributed by atoms with Crippen molar-refractivity contribution in [1.29, 1.82) is 0 Å². The van der Waals surface area contributed by atoms with E-state index < -0.39 is 10.0 Å². The quantitative estimate of drug-likeness (QED) is 0.568. The lowest BCUT2D eigenvalue weighted by Gasteiger charge is -2.31. The Morgan fingerprint density at radius 2 is 1.73 bits per heavy atom. The van der Waals surface area contributed by atoms with Gasteiger partial charge in [0.05, 0.1) is 31.1 Å². The summed E-state index contributed by atoms with van der Waals surface area (Å²) in [5.41, 5.74) is 3.31. The highest BCUT2D eigenvalue weighted by molar-refractivity contribution is 9.10. The summed E-state index contributed by atoms with van der Waals surface area (Å²) in [6.45, 7) is 6.89. The fraction of sp³-hybridized carbons (Fsp3) is 0.318. The molecule has 1 saturated heterocycles. The molecule has 30 heavy (non-hydrogen) atoms. The van der Waals surface area contributed by atoms with Gasteiger partial charge in [-0.1, -0.05) is 28.1 Å². The second-order valence-electron chi connectivity index (χ2n) is 7.76. The Hall–Kier alpha value is -2.00. The highest BCUT2D eigenvalue weighted by Gasteiger charge is 2.30. The Labute approximate surface area is 184 Å². The molecule has 1 fully saturated rings. The third-order valence-corrected chi connectivity index (χ3v) is 8.28. The lowest BCUT2D eigenvalue weighted by atomic mass is 10.0. The molecule has 0 spiro atoms. The van der Waals surface area contributed by atoms with Crippen molar-refractivity contribution >= 4 is 36.9 Å². The van der Waals surface area contributed by atoms with Crippen molar-refractivity contribution in [3.63, 3.8) is 0 Å². The largest absolute Gasteiger partial charge is 0.422 e. The highest BCUT2D eigenvalue weighted by Crippen LogP contribution is 2.23. The number of fused-ring (bicyclic) bond motifs is 1. The van der Waals surface area contributed by atoms with Gasteiger partial charge in [-0.3, -0.25) is 0 Å². The molecule has 0 amide bonds. The van der Waals surface area contributed by atoms with Crippen LogP contribution >= 0.6 is 15.9 Å². The Balaban J connectivity index is 1.51. The van der Waals surface area contributed by atoms with Crippen molar-refractivity contribution in [2.24, 2.45) is 0 Å². The summed E-state index contributed by atoms with van der Waals surface area (Å²) in [5.74, 6) is 0. The molecule has 2 heterocycles. The number of halogens is 1. The first-order valence-corrected chi connectivity index (χ1v) is 12.1. The third-order valence-electron chi connectivity index (χ3n) is 5.84. The number of rotatable bonds is 4. The van der Waals surface area contributed by atoms with E-state index in [-0.39, 0.29) is 5.63 Å². The minimum absolute atomic E-state index is 0.312. The monoisotopic (exact) mass is 491 g/mol. The van der Waals surface area contributed by atoms with Gasteiger partial charge < -0.3 is 9.32 Å². The van der Waals surface area contributed by atoms with Gasteiger partial charge in [0, 0.05) is 21.5 Å². The Bertz CT molecular complexity index is 1240. The van der Waals surface area contributed by atoms with Gasteiger partial charge in [0.25, 0.3) is 0 Å². The average Bonchev–Trinajstić information content (AvgIpc) is 2.72. The van der Waals surface area contributed by atoms with E-state index in [9.17, 15) is 13.2 Å². The lowest BCUT2D eigenvalue weighted by molar-refractivity contribution is -0.917. The fourth-order valence-corrected chi connectivity index (χ4v) is 5.62. The van der Waals surface area contributed by atoms with Crippen LogP contribution in [0.3, 0.4) is 0 Å². The molecule has 1 aliphatic heterocycles. The molecule has 0 saturated carbocycles. The number of sulfonamides is 1. The summed E-state index contributed by atoms with van der Waals surface area (Å²) in [7, 11) is -3.49. The van der Waals surface area contributed by atoms with E-state index in [0.717, 1.165) is 26.5 Å². The van der Waals surface area contributed by atoms with Gasteiger partial charge in [-0.15, -0.1) is 0 Å². The molecule has 6 nitrogen and oxygen atoms in total. The van der Waals surface area contributed by atoms with Crippen molar-refractivity contribution < 1.29 is 17.7 Å². The van der Waals surface area contributed by atoms with Crippen molar-refractivity contribution in [2.75, 3.05) is 26.2 Å². The molecule has 0 atom stereocenters. The van der Waals surface area contributed by atoms with Gasteiger partial charge in [0.15, 0.2) is 0 Å². The van der Waals surface area contributed by atoms with Crippen molar-refractivity contribution in [3.8, 4) is 0 Å². The minimum atomic E-state index is -3.49. The molecule has 4 rings (SSSR count). The summed E-state index contributed by atoms with van der Waals surface area (Å²) in [4.78, 5) is 13.7. The molecule has 1 N–H and O–H groups in total. The zero-order valence-electron chi connectivity index (χ0n) is 16.9. The maximum atomic E-state index is 12.9. The van der Waals surface area contributed by atoms with Gasteiger partial charge in [0.1, 0.15) is 12.1 Å². The maximum absolute atomic E-state index is 12.9. The van der Waals surface area contributed by atoms with Crippen LogP contribution in [0.1, 0.15) is 16.7 Å². The molecule has 1 aliphatic rings. The van der Waals surface area contributed by atoms with Crippen LogP contribution in [0.25, 0.3) is 11.0 Å². The number of hydrogen-bond donors (Lipinski definition) is 1. The van der Waals surface area contributed by atoms with E-state index in [0.29, 0.717) is 43.2 Å². The molecule has 2 aromatic carbocycles. The van der Waals surface area contributed by atoms with Crippen LogP contribution in [0.4, 0.5) is 0 Å².